The van der Waals surface area contributed by atoms with Gasteiger partial charge >= 0.3 is 11.9 Å². The maximum Gasteiger partial charge on any atom is 0.306 e. The van der Waals surface area contributed by atoms with Crippen LogP contribution in [0.15, 0.2) is 0 Å². The molecule has 0 aliphatic heterocycles. The van der Waals surface area contributed by atoms with Gasteiger partial charge in [-0.1, -0.05) is 206 Å². The van der Waals surface area contributed by atoms with Gasteiger partial charge in [-0.05, 0) is 12.8 Å². The molecule has 0 saturated carbocycles. The van der Waals surface area contributed by atoms with Crippen molar-refractivity contribution in [3.8, 4) is 0 Å². The van der Waals surface area contributed by atoms with Crippen LogP contribution in [0.5, 0.6) is 0 Å². The second kappa shape index (κ2) is 39.5. The van der Waals surface area contributed by atoms with E-state index in [1.54, 1.807) is 0 Å². The number of carbonyl (C=O) groups is 2. The lowest BCUT2D eigenvalue weighted by atomic mass is 10.0. The van der Waals surface area contributed by atoms with E-state index in [0.717, 1.165) is 44.9 Å². The Morgan fingerprint density at radius 3 is 1.14 bits per heavy atom. The summed E-state index contributed by atoms with van der Waals surface area (Å²) in [4.78, 5) is 37.2. The van der Waals surface area contributed by atoms with Crippen LogP contribution in [0.4, 0.5) is 0 Å². The van der Waals surface area contributed by atoms with Gasteiger partial charge in [-0.15, -0.1) is 0 Å². The molecular formula is C46H92NO8P. The topological polar surface area (TPSA) is 111 Å². The summed E-state index contributed by atoms with van der Waals surface area (Å²) in [6.45, 7) is 4.17. The molecule has 0 aliphatic rings. The normalized spacial score (nSPS) is 13.5. The largest absolute Gasteiger partial charge is 0.756 e. The van der Waals surface area contributed by atoms with Crippen molar-refractivity contribution in [2.75, 3.05) is 47.5 Å². The minimum absolute atomic E-state index is 0.0264. The Hall–Kier alpha value is -0.990. The number of unbranched alkanes of at least 4 members (excludes halogenated alkanes) is 30. The van der Waals surface area contributed by atoms with Crippen LogP contribution >= 0.6 is 7.82 Å². The van der Waals surface area contributed by atoms with Crippen LogP contribution in [0.25, 0.3) is 0 Å². The molecular weight excluding hydrogens is 725 g/mol. The number of rotatable bonds is 44. The first-order valence-corrected chi connectivity index (χ1v) is 25.2. The average molecular weight is 818 g/mol. The summed E-state index contributed by atoms with van der Waals surface area (Å²) < 4.78 is 33.7. The number of hydrogen-bond donors (Lipinski definition) is 0. The zero-order valence-corrected chi connectivity index (χ0v) is 38.5. The molecule has 0 fully saturated rings. The molecule has 0 spiro atoms. The second-order valence-electron chi connectivity index (χ2n) is 17.5. The lowest BCUT2D eigenvalue weighted by Gasteiger charge is -2.28. The molecule has 0 amide bonds. The molecule has 0 aromatic rings. The molecule has 0 N–H and O–H groups in total. The van der Waals surface area contributed by atoms with E-state index in [9.17, 15) is 19.0 Å². The molecule has 0 radical (unpaired) electrons. The third-order valence-electron chi connectivity index (χ3n) is 10.6. The van der Waals surface area contributed by atoms with Gasteiger partial charge in [0.05, 0.1) is 27.7 Å². The Morgan fingerprint density at radius 1 is 0.482 bits per heavy atom. The van der Waals surface area contributed by atoms with E-state index in [0.29, 0.717) is 17.4 Å². The van der Waals surface area contributed by atoms with E-state index in [-0.39, 0.29) is 26.1 Å². The van der Waals surface area contributed by atoms with Crippen molar-refractivity contribution in [3.05, 3.63) is 0 Å². The highest BCUT2D eigenvalue weighted by atomic mass is 31.2. The summed E-state index contributed by atoms with van der Waals surface area (Å²) in [5.74, 6) is -0.835. The molecule has 0 bridgehead atoms. The predicted octanol–water partition coefficient (Wildman–Crippen LogP) is 13.0. The molecule has 2 unspecified atom stereocenters. The molecule has 2 atom stereocenters. The van der Waals surface area contributed by atoms with Crippen molar-refractivity contribution in [2.24, 2.45) is 0 Å². The van der Waals surface area contributed by atoms with Gasteiger partial charge in [-0.2, -0.15) is 0 Å². The van der Waals surface area contributed by atoms with Gasteiger partial charge in [0.2, 0.25) is 0 Å². The summed E-state index contributed by atoms with van der Waals surface area (Å²) in [6, 6.07) is 0. The first-order chi connectivity index (χ1) is 27.0. The lowest BCUT2D eigenvalue weighted by Crippen LogP contribution is -2.37. The van der Waals surface area contributed by atoms with Gasteiger partial charge in [-0.3, -0.25) is 14.2 Å². The summed E-state index contributed by atoms with van der Waals surface area (Å²) in [7, 11) is 1.18. The van der Waals surface area contributed by atoms with Gasteiger partial charge in [0.1, 0.15) is 19.8 Å². The molecule has 0 heterocycles. The maximum absolute atomic E-state index is 12.6. The fourth-order valence-corrected chi connectivity index (χ4v) is 7.62. The summed E-state index contributed by atoms with van der Waals surface area (Å²) in [5.41, 5.74) is 0. The van der Waals surface area contributed by atoms with Crippen LogP contribution in [0, 0.1) is 0 Å². The maximum atomic E-state index is 12.6. The smallest absolute Gasteiger partial charge is 0.306 e. The molecule has 56 heavy (non-hydrogen) atoms. The number of phosphoric acid groups is 1. The monoisotopic (exact) mass is 818 g/mol. The van der Waals surface area contributed by atoms with Crippen molar-refractivity contribution in [1.82, 2.24) is 0 Å². The van der Waals surface area contributed by atoms with Crippen molar-refractivity contribution in [2.45, 2.75) is 238 Å². The Kier molecular flexibility index (Phi) is 38.8. The molecule has 9 nitrogen and oxygen atoms in total. The number of likely N-dealkylation sites (N-methyl/N-ethyl adjacent to an activating group) is 1. The molecule has 0 aliphatic carbocycles. The lowest BCUT2D eigenvalue weighted by molar-refractivity contribution is -0.870. The Morgan fingerprint density at radius 2 is 0.804 bits per heavy atom. The van der Waals surface area contributed by atoms with Gasteiger partial charge in [0, 0.05) is 12.8 Å². The van der Waals surface area contributed by atoms with E-state index in [1.165, 1.54) is 154 Å². The average Bonchev–Trinajstić information content (AvgIpc) is 3.15. The van der Waals surface area contributed by atoms with Gasteiger partial charge in [0.15, 0.2) is 6.10 Å². The second-order valence-corrected chi connectivity index (χ2v) is 18.9. The highest BCUT2D eigenvalue weighted by molar-refractivity contribution is 7.45. The minimum Gasteiger partial charge on any atom is -0.756 e. The van der Waals surface area contributed by atoms with Crippen LogP contribution in [0.1, 0.15) is 232 Å². The van der Waals surface area contributed by atoms with Gasteiger partial charge in [-0.25, -0.2) is 0 Å². The molecule has 0 aromatic carbocycles. The van der Waals surface area contributed by atoms with Crippen LogP contribution in [0.3, 0.4) is 0 Å². The number of ether oxygens (including phenoxy) is 2. The zero-order valence-electron chi connectivity index (χ0n) is 37.6. The number of phosphoric ester groups is 1. The number of nitrogens with zero attached hydrogens (tertiary/aromatic N) is 1. The van der Waals surface area contributed by atoms with Crippen LogP contribution in [-0.4, -0.2) is 70.0 Å². The van der Waals surface area contributed by atoms with Crippen molar-refractivity contribution in [1.29, 1.82) is 0 Å². The molecule has 0 aromatic heterocycles. The van der Waals surface area contributed by atoms with Crippen LogP contribution < -0.4 is 4.89 Å². The first-order valence-electron chi connectivity index (χ1n) is 23.7. The fourth-order valence-electron chi connectivity index (χ4n) is 6.89. The van der Waals surface area contributed by atoms with E-state index in [2.05, 4.69) is 13.8 Å². The highest BCUT2D eigenvalue weighted by Crippen LogP contribution is 2.38. The number of hydrogen-bond acceptors (Lipinski definition) is 8. The molecule has 0 saturated heterocycles. The summed E-state index contributed by atoms with van der Waals surface area (Å²) >= 11 is 0. The van der Waals surface area contributed by atoms with E-state index in [1.807, 2.05) is 21.1 Å². The van der Waals surface area contributed by atoms with Crippen molar-refractivity contribution < 1.29 is 42.1 Å². The molecule has 10 heteroatoms. The SMILES string of the molecule is CCCCCCCCCCCCCCCCCCCCCCCCCCCCCC(=O)OC(COC(=O)CCCCCCC)COP(=O)([O-])OCC[N+](C)(C)C. The summed E-state index contributed by atoms with van der Waals surface area (Å²) in [5, 5.41) is 0. The van der Waals surface area contributed by atoms with E-state index in [4.69, 9.17) is 18.5 Å². The molecule has 334 valence electrons. The number of carbonyl (C=O) groups excluding carboxylic acids is 2. The first kappa shape index (κ1) is 55.0. The van der Waals surface area contributed by atoms with Crippen LogP contribution in [-0.2, 0) is 32.7 Å². The summed E-state index contributed by atoms with van der Waals surface area (Å²) in [6.07, 6.45) is 40.6. The number of esters is 2. The Balaban J connectivity index is 3.91. The fraction of sp³-hybridized carbons (Fsp3) is 0.957. The van der Waals surface area contributed by atoms with Crippen molar-refractivity contribution in [3.63, 3.8) is 0 Å². The number of quaternary nitrogens is 1. The van der Waals surface area contributed by atoms with Crippen LogP contribution in [0.2, 0.25) is 0 Å². The third kappa shape index (κ3) is 42.6. The predicted molar refractivity (Wildman–Crippen MR) is 232 cm³/mol. The standard InChI is InChI=1S/C46H92NO8P/c1-6-8-10-12-13-14-15-16-17-18-19-20-21-22-23-24-25-26-27-28-29-30-31-32-33-35-37-39-46(49)55-44(42-52-45(48)38-36-34-11-9-7-2)43-54-56(50,51)53-41-40-47(3,4)5/h44H,6-43H2,1-5H3. The highest BCUT2D eigenvalue weighted by Gasteiger charge is 2.21. The molecule has 0 rings (SSSR count). The zero-order chi connectivity index (χ0) is 41.4. The van der Waals surface area contributed by atoms with E-state index < -0.39 is 32.5 Å². The van der Waals surface area contributed by atoms with Crippen molar-refractivity contribution >= 4 is 19.8 Å². The Bertz CT molecular complexity index is 927. The third-order valence-corrected chi connectivity index (χ3v) is 11.6. The minimum atomic E-state index is -4.61. The Labute approximate surface area is 346 Å². The van der Waals surface area contributed by atoms with Gasteiger partial charge < -0.3 is 27.9 Å². The van der Waals surface area contributed by atoms with Gasteiger partial charge in [0.25, 0.3) is 7.82 Å². The van der Waals surface area contributed by atoms with E-state index >= 15 is 0 Å². The quantitative estimate of drug-likeness (QED) is 0.0259.